The molecule has 162 valence electrons. The van der Waals surface area contributed by atoms with Crippen LogP contribution in [-0.2, 0) is 13.0 Å². The molecule has 3 heterocycles. The van der Waals surface area contributed by atoms with Crippen LogP contribution in [0.5, 0.6) is 0 Å². The number of benzene rings is 1. The third-order valence-corrected chi connectivity index (χ3v) is 6.43. The van der Waals surface area contributed by atoms with Crippen LogP contribution in [0.4, 0.5) is 10.8 Å². The largest absolute Gasteiger partial charge is 0.478 e. The molecular formula is C23H26N4O3S. The van der Waals surface area contributed by atoms with E-state index in [9.17, 15) is 9.59 Å². The Balaban J connectivity index is 1.50. The zero-order valence-corrected chi connectivity index (χ0v) is 18.3. The van der Waals surface area contributed by atoms with Gasteiger partial charge in [0.1, 0.15) is 5.69 Å². The fourth-order valence-corrected chi connectivity index (χ4v) is 4.62. The molecule has 0 bridgehead atoms. The van der Waals surface area contributed by atoms with Crippen LogP contribution in [-0.4, -0.2) is 39.6 Å². The summed E-state index contributed by atoms with van der Waals surface area (Å²) in [6.45, 7) is 4.71. The molecule has 0 aliphatic carbocycles. The molecule has 0 radical (unpaired) electrons. The number of carbonyl (C=O) groups excluding carboxylic acids is 1. The normalized spacial score (nSPS) is 13.9. The Morgan fingerprint density at radius 1 is 1.16 bits per heavy atom. The number of nitrogens with one attached hydrogen (secondary N) is 1. The SMILES string of the molecule is CCc1cc(C(=O)Nc2ccc(C(=O)O)cc2)n(Cc2csc(N3CCCCC3)n2)c1. The summed E-state index contributed by atoms with van der Waals surface area (Å²) < 4.78 is 1.94. The van der Waals surface area contributed by atoms with Crippen LogP contribution in [0, 0.1) is 0 Å². The van der Waals surface area contributed by atoms with Crippen molar-refractivity contribution in [1.29, 1.82) is 0 Å². The molecule has 1 aliphatic heterocycles. The Bertz CT molecular complexity index is 1060. The highest BCUT2D eigenvalue weighted by Gasteiger charge is 2.17. The highest BCUT2D eigenvalue weighted by molar-refractivity contribution is 7.13. The van der Waals surface area contributed by atoms with Crippen LogP contribution in [0.3, 0.4) is 0 Å². The Labute approximate surface area is 185 Å². The second-order valence-electron chi connectivity index (χ2n) is 7.72. The van der Waals surface area contributed by atoms with Crippen LogP contribution in [0.15, 0.2) is 41.9 Å². The van der Waals surface area contributed by atoms with Gasteiger partial charge in [0.25, 0.3) is 5.91 Å². The number of aromatic carboxylic acids is 1. The molecule has 4 rings (SSSR count). The first-order valence-corrected chi connectivity index (χ1v) is 11.4. The van der Waals surface area contributed by atoms with E-state index < -0.39 is 5.97 Å². The van der Waals surface area contributed by atoms with Crippen LogP contribution in [0.25, 0.3) is 0 Å². The zero-order chi connectivity index (χ0) is 21.8. The van der Waals surface area contributed by atoms with E-state index in [1.807, 2.05) is 16.8 Å². The third-order valence-electron chi connectivity index (χ3n) is 5.48. The number of hydrogen-bond donors (Lipinski definition) is 2. The minimum absolute atomic E-state index is 0.183. The summed E-state index contributed by atoms with van der Waals surface area (Å²) >= 11 is 1.66. The lowest BCUT2D eigenvalue weighted by atomic mass is 10.1. The molecule has 1 aliphatic rings. The number of nitrogens with zero attached hydrogens (tertiary/aromatic N) is 3. The molecule has 8 heteroatoms. The molecule has 1 fully saturated rings. The number of carbonyl (C=O) groups is 2. The Morgan fingerprint density at radius 2 is 1.90 bits per heavy atom. The number of anilines is 2. The monoisotopic (exact) mass is 438 g/mol. The quantitative estimate of drug-likeness (QED) is 0.567. The number of carboxylic acids is 1. The van der Waals surface area contributed by atoms with Gasteiger partial charge in [-0.2, -0.15) is 0 Å². The number of rotatable bonds is 7. The van der Waals surface area contributed by atoms with E-state index in [0.717, 1.165) is 35.9 Å². The molecule has 2 aromatic heterocycles. The van der Waals surface area contributed by atoms with Gasteiger partial charge >= 0.3 is 5.97 Å². The average Bonchev–Trinajstić information content (AvgIpc) is 3.42. The van der Waals surface area contributed by atoms with Crippen molar-refractivity contribution in [1.82, 2.24) is 9.55 Å². The van der Waals surface area contributed by atoms with Crippen LogP contribution in [0.2, 0.25) is 0 Å². The van der Waals surface area contributed by atoms with Crippen molar-refractivity contribution in [2.45, 2.75) is 39.2 Å². The molecule has 0 atom stereocenters. The van der Waals surface area contributed by atoms with Gasteiger partial charge in [0.2, 0.25) is 0 Å². The van der Waals surface area contributed by atoms with Crippen molar-refractivity contribution < 1.29 is 14.7 Å². The molecule has 0 spiro atoms. The van der Waals surface area contributed by atoms with Crippen molar-refractivity contribution >= 4 is 34.0 Å². The van der Waals surface area contributed by atoms with Gasteiger partial charge in [0, 0.05) is 30.4 Å². The number of carboxylic acid groups (broad SMARTS) is 1. The molecule has 31 heavy (non-hydrogen) atoms. The summed E-state index contributed by atoms with van der Waals surface area (Å²) in [4.78, 5) is 31.1. The second-order valence-corrected chi connectivity index (χ2v) is 8.56. The number of thiazole rings is 1. The molecule has 1 amide bonds. The Kier molecular flexibility index (Phi) is 6.36. The summed E-state index contributed by atoms with van der Waals surface area (Å²) in [6.07, 6.45) is 6.54. The molecular weight excluding hydrogens is 412 g/mol. The van der Waals surface area contributed by atoms with E-state index >= 15 is 0 Å². The van der Waals surface area contributed by atoms with Gasteiger partial charge < -0.3 is 19.9 Å². The molecule has 0 unspecified atom stereocenters. The first-order valence-electron chi connectivity index (χ1n) is 10.6. The second kappa shape index (κ2) is 9.34. The fraction of sp³-hybridized carbons (Fsp3) is 0.348. The van der Waals surface area contributed by atoms with Gasteiger partial charge in [0.15, 0.2) is 5.13 Å². The fourth-order valence-electron chi connectivity index (χ4n) is 3.75. The van der Waals surface area contributed by atoms with Crippen LogP contribution < -0.4 is 10.2 Å². The standard InChI is InChI=1S/C23H26N4O3S/c1-2-16-12-20(21(28)24-18-8-6-17(7-9-18)22(29)30)27(13-16)14-19-15-31-23(25-19)26-10-4-3-5-11-26/h6-9,12-13,15H,2-5,10-11,14H2,1H3,(H,24,28)(H,29,30). The maximum atomic E-state index is 13.0. The lowest BCUT2D eigenvalue weighted by molar-refractivity contribution is 0.0696. The van der Waals surface area contributed by atoms with Crippen molar-refractivity contribution in [3.8, 4) is 0 Å². The van der Waals surface area contributed by atoms with E-state index in [2.05, 4.69) is 22.5 Å². The molecule has 1 saturated heterocycles. The van der Waals surface area contributed by atoms with Crippen LogP contribution >= 0.6 is 11.3 Å². The van der Waals surface area contributed by atoms with Gasteiger partial charge in [-0.05, 0) is 61.6 Å². The van der Waals surface area contributed by atoms with Gasteiger partial charge in [0.05, 0.1) is 17.8 Å². The van der Waals surface area contributed by atoms with E-state index in [1.165, 1.54) is 31.4 Å². The maximum absolute atomic E-state index is 13.0. The highest BCUT2D eigenvalue weighted by Crippen LogP contribution is 2.25. The minimum atomic E-state index is -0.994. The molecule has 7 nitrogen and oxygen atoms in total. The summed E-state index contributed by atoms with van der Waals surface area (Å²) in [5.74, 6) is -1.22. The van der Waals surface area contributed by atoms with Gasteiger partial charge in [-0.15, -0.1) is 11.3 Å². The smallest absolute Gasteiger partial charge is 0.335 e. The Morgan fingerprint density at radius 3 is 2.58 bits per heavy atom. The predicted octanol–water partition coefficient (Wildman–Crippen LogP) is 4.50. The maximum Gasteiger partial charge on any atom is 0.335 e. The van der Waals surface area contributed by atoms with Gasteiger partial charge in [-0.25, -0.2) is 9.78 Å². The molecule has 0 saturated carbocycles. The average molecular weight is 439 g/mol. The predicted molar refractivity (Wildman–Crippen MR) is 122 cm³/mol. The minimum Gasteiger partial charge on any atom is -0.478 e. The topological polar surface area (TPSA) is 87.5 Å². The van der Waals surface area contributed by atoms with Crippen molar-refractivity contribution in [2.75, 3.05) is 23.3 Å². The van der Waals surface area contributed by atoms with Crippen molar-refractivity contribution in [2.24, 2.45) is 0 Å². The lowest BCUT2D eigenvalue weighted by Crippen LogP contribution is -2.29. The Hall–Kier alpha value is -3.13. The molecule has 2 N–H and O–H groups in total. The molecule has 1 aromatic carbocycles. The summed E-state index contributed by atoms with van der Waals surface area (Å²) in [5, 5.41) is 15.0. The van der Waals surface area contributed by atoms with Crippen molar-refractivity contribution in [3.63, 3.8) is 0 Å². The summed E-state index contributed by atoms with van der Waals surface area (Å²) in [7, 11) is 0. The van der Waals surface area contributed by atoms with Gasteiger partial charge in [-0.3, -0.25) is 4.79 Å². The van der Waals surface area contributed by atoms with E-state index in [-0.39, 0.29) is 11.5 Å². The first-order chi connectivity index (χ1) is 15.0. The number of piperidine rings is 1. The highest BCUT2D eigenvalue weighted by atomic mass is 32.1. The summed E-state index contributed by atoms with van der Waals surface area (Å²) in [6, 6.07) is 8.05. The number of amides is 1. The first kappa shape index (κ1) is 21.1. The number of hydrogen-bond acceptors (Lipinski definition) is 5. The molecule has 3 aromatic rings. The summed E-state index contributed by atoms with van der Waals surface area (Å²) in [5.41, 5.74) is 3.33. The number of aryl methyl sites for hydroxylation is 1. The number of aromatic nitrogens is 2. The van der Waals surface area contributed by atoms with E-state index in [4.69, 9.17) is 10.1 Å². The van der Waals surface area contributed by atoms with E-state index in [0.29, 0.717) is 17.9 Å². The van der Waals surface area contributed by atoms with E-state index in [1.54, 1.807) is 23.5 Å². The van der Waals surface area contributed by atoms with Gasteiger partial charge in [-0.1, -0.05) is 6.92 Å². The zero-order valence-electron chi connectivity index (χ0n) is 17.5. The third kappa shape index (κ3) is 4.96. The lowest BCUT2D eigenvalue weighted by Gasteiger charge is -2.25. The van der Waals surface area contributed by atoms with Crippen molar-refractivity contribution in [3.05, 3.63) is 64.4 Å². The van der Waals surface area contributed by atoms with Crippen LogP contribution in [0.1, 0.15) is 58.3 Å².